The quantitative estimate of drug-likeness (QED) is 0.651. The monoisotopic (exact) mass is 385 g/mol. The Morgan fingerprint density at radius 3 is 2.48 bits per heavy atom. The van der Waals surface area contributed by atoms with Gasteiger partial charge >= 0.3 is 0 Å². The smallest absolute Gasteiger partial charge is 0.251 e. The van der Waals surface area contributed by atoms with E-state index in [1.54, 1.807) is 25.1 Å². The molecule has 7 nitrogen and oxygen atoms in total. The third-order valence-corrected chi connectivity index (χ3v) is 5.04. The van der Waals surface area contributed by atoms with Crippen LogP contribution in [0.25, 0.3) is 11.1 Å². The van der Waals surface area contributed by atoms with Gasteiger partial charge in [-0.3, -0.25) is 9.52 Å². The number of nitrogens with one attached hydrogen (secondary N) is 2. The van der Waals surface area contributed by atoms with Gasteiger partial charge in [-0.05, 0) is 30.2 Å². The van der Waals surface area contributed by atoms with Gasteiger partial charge in [-0.15, -0.1) is 0 Å². The van der Waals surface area contributed by atoms with E-state index in [0.717, 1.165) is 11.1 Å². The van der Waals surface area contributed by atoms with Crippen LogP contribution in [0.1, 0.15) is 16.1 Å². The molecule has 1 heterocycles. The molecule has 2 N–H and O–H groups in total. The lowest BCUT2D eigenvalue weighted by Crippen LogP contribution is -2.31. The van der Waals surface area contributed by atoms with E-state index in [2.05, 4.69) is 15.2 Å². The van der Waals surface area contributed by atoms with E-state index in [1.165, 1.54) is 6.07 Å². The van der Waals surface area contributed by atoms with Crippen LogP contribution in [0.2, 0.25) is 0 Å². The van der Waals surface area contributed by atoms with E-state index >= 15 is 0 Å². The fourth-order valence-corrected chi connectivity index (χ4v) is 3.38. The lowest BCUT2D eigenvalue weighted by molar-refractivity contribution is 0.0956. The number of aryl methyl sites for hydroxylation is 1. The van der Waals surface area contributed by atoms with Crippen molar-refractivity contribution in [2.24, 2.45) is 0 Å². The van der Waals surface area contributed by atoms with E-state index in [-0.39, 0.29) is 24.0 Å². The second-order valence-corrected chi connectivity index (χ2v) is 7.79. The summed E-state index contributed by atoms with van der Waals surface area (Å²) in [4.78, 5) is 12.3. The molecule has 0 aliphatic rings. The zero-order chi connectivity index (χ0) is 19.3. The number of hydrogen-bond acceptors (Lipinski definition) is 5. The highest BCUT2D eigenvalue weighted by Gasteiger charge is 2.14. The number of sulfonamides is 1. The molecule has 0 aliphatic carbocycles. The highest BCUT2D eigenvalue weighted by molar-refractivity contribution is 7.92. The molecule has 0 spiro atoms. The minimum atomic E-state index is -3.64. The Bertz CT molecular complexity index is 1030. The fourth-order valence-electron chi connectivity index (χ4n) is 2.50. The predicted octanol–water partition coefficient (Wildman–Crippen LogP) is 2.82. The molecule has 27 heavy (non-hydrogen) atoms. The molecule has 0 unspecified atom stereocenters. The van der Waals surface area contributed by atoms with Crippen LogP contribution in [-0.2, 0) is 10.0 Å². The molecule has 0 bridgehead atoms. The zero-order valence-electron chi connectivity index (χ0n) is 14.7. The Kier molecular flexibility index (Phi) is 5.56. The summed E-state index contributed by atoms with van der Waals surface area (Å²) in [5.41, 5.74) is 2.38. The third-order valence-electron chi connectivity index (χ3n) is 3.78. The van der Waals surface area contributed by atoms with Crippen molar-refractivity contribution in [3.05, 3.63) is 72.0 Å². The summed E-state index contributed by atoms with van der Waals surface area (Å²) in [7, 11) is -3.64. The highest BCUT2D eigenvalue weighted by Crippen LogP contribution is 2.19. The first-order chi connectivity index (χ1) is 12.9. The number of carbonyl (C=O) groups excluding carboxylic acids is 1. The lowest BCUT2D eigenvalue weighted by atomic mass is 10.0. The van der Waals surface area contributed by atoms with Gasteiger partial charge in [0.15, 0.2) is 5.82 Å². The fraction of sp³-hybridized carbons (Fsp3) is 0.158. The van der Waals surface area contributed by atoms with Gasteiger partial charge in [0.05, 0.1) is 5.75 Å². The molecular formula is C19H19N3O4S. The van der Waals surface area contributed by atoms with Crippen molar-refractivity contribution >= 4 is 21.7 Å². The Morgan fingerprint density at radius 1 is 1.04 bits per heavy atom. The van der Waals surface area contributed by atoms with Crippen molar-refractivity contribution in [2.45, 2.75) is 6.92 Å². The maximum Gasteiger partial charge on any atom is 0.251 e. The number of amides is 1. The van der Waals surface area contributed by atoms with Gasteiger partial charge in [0.2, 0.25) is 10.0 Å². The molecule has 0 radical (unpaired) electrons. The first-order valence-corrected chi connectivity index (χ1v) is 9.96. The van der Waals surface area contributed by atoms with Crippen molar-refractivity contribution in [1.82, 2.24) is 10.5 Å². The van der Waals surface area contributed by atoms with Gasteiger partial charge in [-0.2, -0.15) is 0 Å². The number of aromatic nitrogens is 1. The van der Waals surface area contributed by atoms with Crippen LogP contribution in [0.15, 0.2) is 65.2 Å². The van der Waals surface area contributed by atoms with Crippen molar-refractivity contribution in [3.8, 4) is 11.1 Å². The third kappa shape index (κ3) is 5.18. The van der Waals surface area contributed by atoms with Crippen LogP contribution in [0.3, 0.4) is 0 Å². The molecule has 1 amide bonds. The normalized spacial score (nSPS) is 11.1. The summed E-state index contributed by atoms with van der Waals surface area (Å²) >= 11 is 0. The van der Waals surface area contributed by atoms with Gasteiger partial charge in [-0.25, -0.2) is 8.42 Å². The average Bonchev–Trinajstić information content (AvgIpc) is 3.06. The Hall–Kier alpha value is -3.13. The summed E-state index contributed by atoms with van der Waals surface area (Å²) in [6, 6.07) is 18.3. The van der Waals surface area contributed by atoms with Crippen molar-refractivity contribution in [3.63, 3.8) is 0 Å². The molecule has 8 heteroatoms. The SMILES string of the molecule is Cc1cc(NS(=O)(=O)CCNC(=O)c2cccc(-c3ccccc3)c2)no1. The molecule has 0 atom stereocenters. The number of benzene rings is 2. The summed E-state index contributed by atoms with van der Waals surface area (Å²) < 4.78 is 31.2. The predicted molar refractivity (Wildman–Crippen MR) is 103 cm³/mol. The molecule has 1 aromatic heterocycles. The van der Waals surface area contributed by atoms with Crippen LogP contribution in [0.5, 0.6) is 0 Å². The minimum Gasteiger partial charge on any atom is -0.360 e. The van der Waals surface area contributed by atoms with Gasteiger partial charge in [0.25, 0.3) is 5.91 Å². The zero-order valence-corrected chi connectivity index (χ0v) is 15.5. The van der Waals surface area contributed by atoms with Crippen LogP contribution in [-0.4, -0.2) is 31.8 Å². The minimum absolute atomic E-state index is 0.0272. The first kappa shape index (κ1) is 18.7. The molecule has 0 saturated carbocycles. The first-order valence-electron chi connectivity index (χ1n) is 8.30. The molecule has 3 aromatic rings. The summed E-state index contributed by atoms with van der Waals surface area (Å²) in [5, 5.41) is 6.20. The van der Waals surface area contributed by atoms with Gasteiger partial charge in [0, 0.05) is 18.2 Å². The van der Waals surface area contributed by atoms with Crippen LogP contribution in [0.4, 0.5) is 5.82 Å². The summed E-state index contributed by atoms with van der Waals surface area (Å²) in [6.07, 6.45) is 0. The topological polar surface area (TPSA) is 101 Å². The van der Waals surface area contributed by atoms with Gasteiger partial charge < -0.3 is 9.84 Å². The average molecular weight is 385 g/mol. The number of rotatable bonds is 7. The van der Waals surface area contributed by atoms with E-state index in [9.17, 15) is 13.2 Å². The highest BCUT2D eigenvalue weighted by atomic mass is 32.2. The number of hydrogen-bond donors (Lipinski definition) is 2. The van der Waals surface area contributed by atoms with Crippen LogP contribution >= 0.6 is 0 Å². The maximum atomic E-state index is 12.3. The Labute approximate surface area is 157 Å². The number of nitrogens with zero attached hydrogens (tertiary/aromatic N) is 1. The molecule has 3 rings (SSSR count). The molecule has 2 aromatic carbocycles. The van der Waals surface area contributed by atoms with E-state index in [1.807, 2.05) is 36.4 Å². The summed E-state index contributed by atoms with van der Waals surface area (Å²) in [6.45, 7) is 1.63. The number of anilines is 1. The maximum absolute atomic E-state index is 12.3. The van der Waals surface area contributed by atoms with Gasteiger partial charge in [-0.1, -0.05) is 47.6 Å². The van der Waals surface area contributed by atoms with E-state index < -0.39 is 10.0 Å². The Morgan fingerprint density at radius 2 is 1.78 bits per heavy atom. The molecule has 140 valence electrons. The standard InChI is InChI=1S/C19H19N3O4S/c1-14-12-18(21-26-14)22-27(24,25)11-10-20-19(23)17-9-5-8-16(13-17)15-6-3-2-4-7-15/h2-9,12-13H,10-11H2,1H3,(H,20,23)(H,21,22). The van der Waals surface area contributed by atoms with E-state index in [4.69, 9.17) is 4.52 Å². The number of carbonyl (C=O) groups is 1. The van der Waals surface area contributed by atoms with Crippen molar-refractivity contribution < 1.29 is 17.7 Å². The summed E-state index contributed by atoms with van der Waals surface area (Å²) in [5.74, 6) is 0.0113. The molecule has 0 fully saturated rings. The van der Waals surface area contributed by atoms with Crippen LogP contribution in [0, 0.1) is 6.92 Å². The van der Waals surface area contributed by atoms with Crippen molar-refractivity contribution in [1.29, 1.82) is 0 Å². The Balaban J connectivity index is 1.58. The second-order valence-electron chi connectivity index (χ2n) is 5.95. The van der Waals surface area contributed by atoms with Crippen molar-refractivity contribution in [2.75, 3.05) is 17.0 Å². The van der Waals surface area contributed by atoms with Crippen LogP contribution < -0.4 is 10.0 Å². The van der Waals surface area contributed by atoms with E-state index in [0.29, 0.717) is 11.3 Å². The molecule has 0 aliphatic heterocycles. The molecular weight excluding hydrogens is 366 g/mol. The second kappa shape index (κ2) is 8.05. The largest absolute Gasteiger partial charge is 0.360 e. The van der Waals surface area contributed by atoms with Gasteiger partial charge in [0.1, 0.15) is 5.76 Å². The molecule has 0 saturated heterocycles. The lowest BCUT2D eigenvalue weighted by Gasteiger charge is -2.08.